The van der Waals surface area contributed by atoms with Crippen LogP contribution < -0.4 is 5.32 Å². The lowest BCUT2D eigenvalue weighted by molar-refractivity contribution is -0.143. The fraction of sp³-hybridized carbons (Fsp3) is 0.843. The predicted octanol–water partition coefficient (Wildman–Crippen LogP) is 14.5. The number of unbranched alkanes of at least 4 members (excludes halogenated alkanes) is 30. The first-order valence-electron chi connectivity index (χ1n) is 24.8. The van der Waals surface area contributed by atoms with Crippen LogP contribution in [0.1, 0.15) is 251 Å². The Morgan fingerprint density at radius 2 is 0.895 bits per heavy atom. The highest BCUT2D eigenvalue weighted by Gasteiger charge is 2.17. The molecule has 0 radical (unpaired) electrons. The first kappa shape index (κ1) is 55.1. The van der Waals surface area contributed by atoms with E-state index in [1.807, 2.05) is 12.2 Å². The van der Waals surface area contributed by atoms with E-state index in [-0.39, 0.29) is 18.5 Å². The number of carbonyl (C=O) groups is 2. The summed E-state index contributed by atoms with van der Waals surface area (Å²) in [6.45, 7) is 4.80. The highest BCUT2D eigenvalue weighted by molar-refractivity contribution is 5.76. The molecule has 6 heteroatoms. The van der Waals surface area contributed by atoms with Crippen LogP contribution in [0.15, 0.2) is 36.5 Å². The van der Waals surface area contributed by atoms with Crippen molar-refractivity contribution in [3.8, 4) is 0 Å². The lowest BCUT2D eigenvalue weighted by Gasteiger charge is -2.19. The van der Waals surface area contributed by atoms with Gasteiger partial charge in [-0.3, -0.25) is 9.59 Å². The number of hydrogen-bond donors (Lipinski definition) is 3. The Morgan fingerprint density at radius 1 is 0.491 bits per heavy atom. The second-order valence-corrected chi connectivity index (χ2v) is 16.8. The maximum Gasteiger partial charge on any atom is 0.305 e. The number of hydrogen-bond acceptors (Lipinski definition) is 5. The molecule has 57 heavy (non-hydrogen) atoms. The molecule has 0 fully saturated rings. The highest BCUT2D eigenvalue weighted by Crippen LogP contribution is 2.15. The molecule has 0 aromatic rings. The summed E-state index contributed by atoms with van der Waals surface area (Å²) < 4.78 is 5.46. The largest absolute Gasteiger partial charge is 0.466 e. The predicted molar refractivity (Wildman–Crippen MR) is 246 cm³/mol. The summed E-state index contributed by atoms with van der Waals surface area (Å²) in [6, 6.07) is -0.669. The Morgan fingerprint density at radius 3 is 1.37 bits per heavy atom. The number of aliphatic hydroxyl groups excluding tert-OH is 2. The molecule has 0 saturated heterocycles. The van der Waals surface area contributed by atoms with Gasteiger partial charge in [-0.05, 0) is 51.4 Å². The molecule has 0 heterocycles. The number of ether oxygens (including phenoxy) is 1. The summed E-state index contributed by atoms with van der Waals surface area (Å²) in [5.74, 6) is -0.167. The molecule has 0 aliphatic carbocycles. The molecule has 334 valence electrons. The zero-order valence-electron chi connectivity index (χ0n) is 37.8. The average Bonchev–Trinajstić information content (AvgIpc) is 3.21. The number of allylic oxidation sites excluding steroid dienone is 5. The van der Waals surface area contributed by atoms with Gasteiger partial charge in [0.15, 0.2) is 0 Å². The molecule has 0 aliphatic heterocycles. The van der Waals surface area contributed by atoms with Crippen LogP contribution in [0.4, 0.5) is 0 Å². The molecule has 2 atom stereocenters. The average molecular weight is 802 g/mol. The van der Waals surface area contributed by atoms with Crippen molar-refractivity contribution in [3.63, 3.8) is 0 Å². The molecule has 0 aromatic heterocycles. The van der Waals surface area contributed by atoms with Gasteiger partial charge in [-0.15, -0.1) is 0 Å². The van der Waals surface area contributed by atoms with Gasteiger partial charge in [-0.1, -0.05) is 224 Å². The highest BCUT2D eigenvalue weighted by atomic mass is 16.5. The molecule has 0 bridgehead atoms. The van der Waals surface area contributed by atoms with Crippen molar-refractivity contribution < 1.29 is 24.5 Å². The van der Waals surface area contributed by atoms with E-state index >= 15 is 0 Å². The third kappa shape index (κ3) is 43.5. The van der Waals surface area contributed by atoms with Crippen molar-refractivity contribution >= 4 is 11.9 Å². The maximum atomic E-state index is 12.3. The van der Waals surface area contributed by atoms with E-state index < -0.39 is 12.1 Å². The van der Waals surface area contributed by atoms with Gasteiger partial charge < -0.3 is 20.3 Å². The summed E-state index contributed by atoms with van der Waals surface area (Å²) in [7, 11) is 0. The zero-order chi connectivity index (χ0) is 41.5. The summed E-state index contributed by atoms with van der Waals surface area (Å²) in [5.41, 5.74) is 0. The van der Waals surface area contributed by atoms with Crippen LogP contribution in [-0.4, -0.2) is 47.4 Å². The first-order chi connectivity index (χ1) is 28.0. The van der Waals surface area contributed by atoms with Crippen molar-refractivity contribution in [2.24, 2.45) is 0 Å². The minimum absolute atomic E-state index is 0.0153. The summed E-state index contributed by atoms with van der Waals surface area (Å²) in [4.78, 5) is 24.4. The maximum absolute atomic E-state index is 12.3. The van der Waals surface area contributed by atoms with Crippen molar-refractivity contribution in [1.29, 1.82) is 0 Å². The fourth-order valence-electron chi connectivity index (χ4n) is 7.33. The second-order valence-electron chi connectivity index (χ2n) is 16.8. The summed E-state index contributed by atoms with van der Waals surface area (Å²) in [5, 5.41) is 22.8. The third-order valence-corrected chi connectivity index (χ3v) is 11.2. The number of aliphatic hydroxyl groups is 2. The normalized spacial score (nSPS) is 13.0. The lowest BCUT2D eigenvalue weighted by atomic mass is 10.0. The van der Waals surface area contributed by atoms with Crippen LogP contribution in [0.3, 0.4) is 0 Å². The van der Waals surface area contributed by atoms with E-state index in [1.165, 1.54) is 167 Å². The van der Waals surface area contributed by atoms with Crippen molar-refractivity contribution in [2.45, 2.75) is 264 Å². The van der Waals surface area contributed by atoms with Crippen LogP contribution in [0, 0.1) is 0 Å². The summed E-state index contributed by atoms with van der Waals surface area (Å²) >= 11 is 0. The van der Waals surface area contributed by atoms with Crippen molar-refractivity contribution in [2.75, 3.05) is 13.2 Å². The number of esters is 1. The van der Waals surface area contributed by atoms with E-state index in [4.69, 9.17) is 4.74 Å². The van der Waals surface area contributed by atoms with Gasteiger partial charge in [-0.2, -0.15) is 0 Å². The van der Waals surface area contributed by atoms with Crippen LogP contribution in [0.5, 0.6) is 0 Å². The van der Waals surface area contributed by atoms with Crippen molar-refractivity contribution in [3.05, 3.63) is 36.5 Å². The molecule has 6 nitrogen and oxygen atoms in total. The molecular formula is C51H95NO5. The Hall–Kier alpha value is -1.92. The molecule has 1 amide bonds. The molecule has 0 rings (SSSR count). The SMILES string of the molecule is CCCCCCCCC/C=C/C(O)C(CO)NC(=O)CC/C=C\C/C=C\CCCCCCCCOC(=O)CCCCCCCCCCCCCCCCCCCC. The standard InChI is InChI=1S/C51H95NO5/c1-3-5-7-9-11-13-14-15-16-17-18-19-22-25-29-33-37-41-45-51(56)57-46-42-38-34-30-26-23-20-21-24-28-32-36-40-44-50(55)52-48(47-53)49(54)43-39-35-31-27-12-10-8-6-4-2/h21,24,32,36,39,43,48-49,53-54H,3-20,22-23,25-31,33-35,37-38,40-42,44-47H2,1-2H3,(H,52,55)/b24-21-,36-32-,43-39+. The van der Waals surface area contributed by atoms with Gasteiger partial charge in [-0.25, -0.2) is 0 Å². The van der Waals surface area contributed by atoms with E-state index in [0.717, 1.165) is 51.4 Å². The molecule has 0 aromatic carbocycles. The van der Waals surface area contributed by atoms with Crippen LogP contribution >= 0.6 is 0 Å². The Labute approximate surface area is 353 Å². The number of rotatable bonds is 45. The number of amides is 1. The monoisotopic (exact) mass is 802 g/mol. The molecule has 0 saturated carbocycles. The molecule has 3 N–H and O–H groups in total. The van der Waals surface area contributed by atoms with E-state index in [9.17, 15) is 19.8 Å². The smallest absolute Gasteiger partial charge is 0.305 e. The van der Waals surface area contributed by atoms with Gasteiger partial charge in [0.2, 0.25) is 5.91 Å². The van der Waals surface area contributed by atoms with Gasteiger partial charge in [0.05, 0.1) is 25.4 Å². The number of carbonyl (C=O) groups excluding carboxylic acids is 2. The lowest BCUT2D eigenvalue weighted by Crippen LogP contribution is -2.45. The van der Waals surface area contributed by atoms with Crippen LogP contribution in [0.2, 0.25) is 0 Å². The third-order valence-electron chi connectivity index (χ3n) is 11.2. The minimum atomic E-state index is -0.876. The van der Waals surface area contributed by atoms with Gasteiger partial charge in [0, 0.05) is 12.8 Å². The quantitative estimate of drug-likeness (QED) is 0.0324. The van der Waals surface area contributed by atoms with Crippen LogP contribution in [-0.2, 0) is 14.3 Å². The molecular weight excluding hydrogens is 707 g/mol. The summed E-state index contributed by atoms with van der Waals surface area (Å²) in [6.07, 6.45) is 55.9. The Balaban J connectivity index is 3.51. The number of nitrogens with one attached hydrogen (secondary N) is 1. The zero-order valence-corrected chi connectivity index (χ0v) is 37.8. The van der Waals surface area contributed by atoms with E-state index in [2.05, 4.69) is 37.4 Å². The topological polar surface area (TPSA) is 95.9 Å². The second kappa shape index (κ2) is 46.8. The van der Waals surface area contributed by atoms with Gasteiger partial charge in [0.1, 0.15) is 0 Å². The minimum Gasteiger partial charge on any atom is -0.466 e. The fourth-order valence-corrected chi connectivity index (χ4v) is 7.33. The molecule has 0 spiro atoms. The molecule has 2 unspecified atom stereocenters. The van der Waals surface area contributed by atoms with E-state index in [1.54, 1.807) is 6.08 Å². The Kier molecular flexibility index (Phi) is 45.2. The first-order valence-corrected chi connectivity index (χ1v) is 24.8. The van der Waals surface area contributed by atoms with Gasteiger partial charge >= 0.3 is 5.97 Å². The Bertz CT molecular complexity index is 931. The van der Waals surface area contributed by atoms with Crippen molar-refractivity contribution in [1.82, 2.24) is 5.32 Å². The molecule has 0 aliphatic rings. The van der Waals surface area contributed by atoms with Gasteiger partial charge in [0.25, 0.3) is 0 Å². The van der Waals surface area contributed by atoms with E-state index in [0.29, 0.717) is 25.9 Å². The van der Waals surface area contributed by atoms with Crippen LogP contribution in [0.25, 0.3) is 0 Å².